The van der Waals surface area contributed by atoms with Crippen LogP contribution in [0, 0.1) is 0 Å². The van der Waals surface area contributed by atoms with E-state index in [0.29, 0.717) is 34.9 Å². The van der Waals surface area contributed by atoms with Crippen molar-refractivity contribution in [3.63, 3.8) is 0 Å². The second kappa shape index (κ2) is 9.69. The highest BCUT2D eigenvalue weighted by Crippen LogP contribution is 2.38. The minimum Gasteiger partial charge on any atom is -0.470 e. The molecule has 1 N–H and O–H groups in total. The highest BCUT2D eigenvalue weighted by Gasteiger charge is 2.48. The number of alkyl halides is 1. The summed E-state index contributed by atoms with van der Waals surface area (Å²) in [5.74, 6) is 0.799. The number of benzene rings is 1. The number of aromatic nitrogens is 2. The van der Waals surface area contributed by atoms with Gasteiger partial charge in [-0.2, -0.15) is 0 Å². The average molecular weight is 450 g/mol. The molecule has 2 aromatic rings. The molecule has 2 saturated heterocycles. The number of fused-ring (bicyclic) bond motifs is 2. The molecule has 10 heteroatoms. The fourth-order valence-corrected chi connectivity index (χ4v) is 4.83. The molecular weight excluding hydrogens is 424 g/mol. The summed E-state index contributed by atoms with van der Waals surface area (Å²) < 4.78 is 31.7. The zero-order chi connectivity index (χ0) is 22.0. The lowest BCUT2D eigenvalue weighted by Gasteiger charge is -2.50. The van der Waals surface area contributed by atoms with E-state index in [0.717, 1.165) is 12.8 Å². The summed E-state index contributed by atoms with van der Waals surface area (Å²) in [5, 5.41) is 19.0. The van der Waals surface area contributed by atoms with Crippen molar-refractivity contribution in [1.29, 1.82) is 0 Å². The Morgan fingerprint density at radius 3 is 2.81 bits per heavy atom. The normalized spacial score (nSPS) is 25.8. The largest absolute Gasteiger partial charge is 0.470 e. The van der Waals surface area contributed by atoms with Crippen LogP contribution >= 0.6 is 11.6 Å². The van der Waals surface area contributed by atoms with Crippen LogP contribution in [0.25, 0.3) is 11.3 Å². The molecule has 2 unspecified atom stereocenters. The number of hydrogen-bond donors (Lipinski definition) is 1. The zero-order valence-electron chi connectivity index (χ0n) is 17.6. The van der Waals surface area contributed by atoms with Crippen LogP contribution in [0.2, 0.25) is 11.8 Å². The molecule has 2 aliphatic heterocycles. The summed E-state index contributed by atoms with van der Waals surface area (Å²) in [6.45, 7) is 1.78. The summed E-state index contributed by atoms with van der Waals surface area (Å²) in [6.07, 6.45) is 1.32. The van der Waals surface area contributed by atoms with Crippen molar-refractivity contribution in [2.24, 2.45) is 0 Å². The van der Waals surface area contributed by atoms with Gasteiger partial charge in [-0.15, -0.1) is 10.2 Å². The van der Waals surface area contributed by atoms with Crippen LogP contribution in [0.15, 0.2) is 30.3 Å². The minimum absolute atomic E-state index is 0.0767. The molecular formula is C21H26BClFN3O4. The molecule has 166 valence electrons. The molecule has 2 aliphatic rings. The van der Waals surface area contributed by atoms with Gasteiger partial charge in [0.15, 0.2) is 13.0 Å². The van der Waals surface area contributed by atoms with E-state index in [9.17, 15) is 5.02 Å². The van der Waals surface area contributed by atoms with E-state index in [1.165, 1.54) is 7.11 Å². The number of nitrogens with zero attached hydrogens (tertiary/aromatic N) is 3. The zero-order valence-corrected chi connectivity index (χ0v) is 18.3. The molecule has 3 heterocycles. The van der Waals surface area contributed by atoms with Crippen LogP contribution in [-0.4, -0.2) is 65.3 Å². The smallest absolute Gasteiger partial charge is 0.376 e. The Morgan fingerprint density at radius 2 is 2.10 bits per heavy atom. The minimum atomic E-state index is -1.20. The first-order chi connectivity index (χ1) is 15.0. The van der Waals surface area contributed by atoms with E-state index in [2.05, 4.69) is 10.2 Å². The van der Waals surface area contributed by atoms with Crippen molar-refractivity contribution in [2.45, 2.75) is 56.9 Å². The second-order valence-electron chi connectivity index (χ2n) is 8.02. The van der Waals surface area contributed by atoms with Gasteiger partial charge in [-0.3, -0.25) is 0 Å². The quantitative estimate of drug-likeness (QED) is 0.511. The van der Waals surface area contributed by atoms with Crippen LogP contribution in [0.4, 0.5) is 4.39 Å². The molecule has 0 spiro atoms. The first-order valence-electron chi connectivity index (χ1n) is 10.5. The summed E-state index contributed by atoms with van der Waals surface area (Å²) in [4.78, 5) is 1.89. The Hall–Kier alpha value is -1.94. The molecule has 2 bridgehead atoms. The Morgan fingerprint density at radius 1 is 1.26 bits per heavy atom. The van der Waals surface area contributed by atoms with Gasteiger partial charge in [-0.1, -0.05) is 18.0 Å². The number of piperidine rings is 2. The van der Waals surface area contributed by atoms with E-state index in [1.807, 2.05) is 4.81 Å². The van der Waals surface area contributed by atoms with Gasteiger partial charge in [0.1, 0.15) is 11.9 Å². The lowest BCUT2D eigenvalue weighted by Crippen LogP contribution is -2.64. The van der Waals surface area contributed by atoms with Crippen LogP contribution in [-0.2, 0) is 4.74 Å². The Kier molecular flexibility index (Phi) is 6.96. The summed E-state index contributed by atoms with van der Waals surface area (Å²) in [7, 11) is 0.871. The van der Waals surface area contributed by atoms with Crippen molar-refractivity contribution in [1.82, 2.24) is 15.0 Å². The van der Waals surface area contributed by atoms with Crippen molar-refractivity contribution < 1.29 is 23.6 Å². The number of rotatable bonds is 7. The fraction of sp³-hybridized carbons (Fsp3) is 0.524. The van der Waals surface area contributed by atoms with Gasteiger partial charge in [0, 0.05) is 42.3 Å². The standard InChI is InChI=1S/C21H26BClFN3O4/c1-22(28)27-14-4-3-5-17(27)21(24)19(11-14)31-20-9-8-16(25-26-20)15-7-6-13(23)10-18(15)30-12-29-2/h6-10,14,17,19,21,28H,3-5,11-12H2,1-2H3/t14?,17?,19-,21-/m0/s1. The van der Waals surface area contributed by atoms with Crippen LogP contribution in [0.1, 0.15) is 25.7 Å². The Balaban J connectivity index is 1.49. The monoisotopic (exact) mass is 449 g/mol. The van der Waals surface area contributed by atoms with Gasteiger partial charge in [0.2, 0.25) is 5.88 Å². The topological polar surface area (TPSA) is 76.9 Å². The van der Waals surface area contributed by atoms with Crippen LogP contribution < -0.4 is 9.47 Å². The van der Waals surface area contributed by atoms with Crippen molar-refractivity contribution in [3.8, 4) is 22.9 Å². The summed E-state index contributed by atoms with van der Waals surface area (Å²) in [6, 6.07) is 8.43. The predicted octanol–water partition coefficient (Wildman–Crippen LogP) is 3.60. The van der Waals surface area contributed by atoms with Crippen molar-refractivity contribution in [3.05, 3.63) is 35.4 Å². The Labute approximate surface area is 186 Å². The second-order valence-corrected chi connectivity index (χ2v) is 8.45. The molecule has 4 rings (SSSR count). The molecule has 0 amide bonds. The highest BCUT2D eigenvalue weighted by molar-refractivity contribution is 6.45. The van der Waals surface area contributed by atoms with Gasteiger partial charge in [-0.25, -0.2) is 4.39 Å². The maximum Gasteiger partial charge on any atom is 0.376 e. The molecule has 1 aromatic heterocycles. The number of hydrogen-bond acceptors (Lipinski definition) is 7. The predicted molar refractivity (Wildman–Crippen MR) is 116 cm³/mol. The molecule has 4 atom stereocenters. The van der Waals surface area contributed by atoms with E-state index >= 15 is 4.39 Å². The molecule has 1 aromatic carbocycles. The first kappa shape index (κ1) is 22.3. The molecule has 0 aliphatic carbocycles. The third kappa shape index (κ3) is 4.79. The maximum atomic E-state index is 15.2. The van der Waals surface area contributed by atoms with Crippen LogP contribution in [0.3, 0.4) is 0 Å². The summed E-state index contributed by atoms with van der Waals surface area (Å²) in [5.41, 5.74) is 1.29. The number of ether oxygens (including phenoxy) is 3. The molecule has 0 saturated carbocycles. The lowest BCUT2D eigenvalue weighted by molar-refractivity contribution is -0.0454. The van der Waals surface area contributed by atoms with Crippen molar-refractivity contribution >= 4 is 18.7 Å². The Bertz CT molecular complexity index is 891. The van der Waals surface area contributed by atoms with E-state index in [4.69, 9.17) is 25.8 Å². The molecule has 0 radical (unpaired) electrons. The maximum absolute atomic E-state index is 15.2. The van der Waals surface area contributed by atoms with E-state index in [1.54, 1.807) is 37.2 Å². The van der Waals surface area contributed by atoms with Gasteiger partial charge in [0.25, 0.3) is 0 Å². The van der Waals surface area contributed by atoms with E-state index in [-0.39, 0.29) is 24.8 Å². The van der Waals surface area contributed by atoms with Crippen molar-refractivity contribution in [2.75, 3.05) is 13.9 Å². The van der Waals surface area contributed by atoms with Gasteiger partial charge in [-0.05, 0) is 43.9 Å². The SMILES string of the molecule is COCOc1cc(Cl)ccc1-c1ccc(O[C@H]2CC3CCCC([C@@H]2F)N3B(C)O)nn1. The molecule has 2 fully saturated rings. The summed E-state index contributed by atoms with van der Waals surface area (Å²) >= 11 is 6.07. The molecule has 7 nitrogen and oxygen atoms in total. The fourth-order valence-electron chi connectivity index (χ4n) is 4.67. The third-order valence-corrected chi connectivity index (χ3v) is 6.20. The average Bonchev–Trinajstić information content (AvgIpc) is 2.76. The highest BCUT2D eigenvalue weighted by atomic mass is 35.5. The number of halogens is 2. The van der Waals surface area contributed by atoms with Gasteiger partial charge >= 0.3 is 7.05 Å². The van der Waals surface area contributed by atoms with E-state index < -0.39 is 19.3 Å². The first-order valence-corrected chi connectivity index (χ1v) is 10.9. The third-order valence-electron chi connectivity index (χ3n) is 5.96. The molecule has 31 heavy (non-hydrogen) atoms. The van der Waals surface area contributed by atoms with Gasteiger partial charge in [0.05, 0.1) is 5.69 Å². The lowest BCUT2D eigenvalue weighted by atomic mass is 9.71. The van der Waals surface area contributed by atoms with Crippen LogP contribution in [0.5, 0.6) is 11.6 Å². The van der Waals surface area contributed by atoms with Gasteiger partial charge < -0.3 is 24.0 Å². The number of methoxy groups -OCH3 is 1.